The normalized spacial score (nSPS) is 16.7. The van der Waals surface area contributed by atoms with Gasteiger partial charge in [-0.25, -0.2) is 4.98 Å². The van der Waals surface area contributed by atoms with Crippen molar-refractivity contribution in [2.75, 3.05) is 18.4 Å². The van der Waals surface area contributed by atoms with Gasteiger partial charge in [0.05, 0.1) is 0 Å². The average Bonchev–Trinajstić information content (AvgIpc) is 3.31. The second-order valence-electron chi connectivity index (χ2n) is 6.57. The molecule has 1 aromatic heterocycles. The lowest BCUT2D eigenvalue weighted by atomic mass is 10.1. The monoisotopic (exact) mass is 347 g/mol. The second kappa shape index (κ2) is 7.00. The molecule has 0 bridgehead atoms. The van der Waals surface area contributed by atoms with Crippen LogP contribution in [0, 0.1) is 6.92 Å². The summed E-state index contributed by atoms with van der Waals surface area (Å²) in [5.74, 6) is 1.49. The minimum atomic E-state index is 0.0695. The third kappa shape index (κ3) is 3.44. The van der Waals surface area contributed by atoms with Crippen LogP contribution < -0.4 is 5.32 Å². The van der Waals surface area contributed by atoms with Gasteiger partial charge >= 0.3 is 0 Å². The summed E-state index contributed by atoms with van der Waals surface area (Å²) in [6.45, 7) is 3.35. The number of carbonyl (C=O) groups excluding carboxylic acids is 1. The number of rotatable bonds is 4. The Balaban J connectivity index is 1.40. The van der Waals surface area contributed by atoms with E-state index in [-0.39, 0.29) is 11.9 Å². The Hall–Kier alpha value is -3.15. The van der Waals surface area contributed by atoms with Crippen molar-refractivity contribution in [1.82, 2.24) is 20.1 Å². The van der Waals surface area contributed by atoms with Gasteiger partial charge in [-0.05, 0) is 37.6 Å². The van der Waals surface area contributed by atoms with Gasteiger partial charge in [0.15, 0.2) is 5.82 Å². The van der Waals surface area contributed by atoms with Crippen molar-refractivity contribution < 1.29 is 4.79 Å². The number of hydrogen-bond donors (Lipinski definition) is 2. The molecule has 1 atom stereocenters. The highest BCUT2D eigenvalue weighted by Gasteiger charge is 2.26. The third-order valence-electron chi connectivity index (χ3n) is 4.61. The molecule has 2 N–H and O–H groups in total. The van der Waals surface area contributed by atoms with Gasteiger partial charge in [0.1, 0.15) is 5.82 Å². The van der Waals surface area contributed by atoms with Crippen LogP contribution in [-0.2, 0) is 0 Å². The third-order valence-corrected chi connectivity index (χ3v) is 4.61. The minimum Gasteiger partial charge on any atom is -0.380 e. The first-order valence-corrected chi connectivity index (χ1v) is 8.79. The molecule has 0 aliphatic carbocycles. The van der Waals surface area contributed by atoms with Crippen LogP contribution in [0.3, 0.4) is 0 Å². The molecule has 4 rings (SSSR count). The van der Waals surface area contributed by atoms with Crippen LogP contribution in [0.15, 0.2) is 54.6 Å². The maximum Gasteiger partial charge on any atom is 0.253 e. The summed E-state index contributed by atoms with van der Waals surface area (Å²) in [7, 11) is 0. The molecule has 132 valence electrons. The Bertz CT molecular complexity index is 888. The number of hydrogen-bond acceptors (Lipinski definition) is 4. The number of nitrogens with zero attached hydrogens (tertiary/aromatic N) is 3. The van der Waals surface area contributed by atoms with E-state index in [9.17, 15) is 4.79 Å². The van der Waals surface area contributed by atoms with Crippen molar-refractivity contribution in [2.24, 2.45) is 0 Å². The number of nitrogens with one attached hydrogen (secondary N) is 2. The van der Waals surface area contributed by atoms with E-state index in [0.29, 0.717) is 11.4 Å². The predicted octanol–water partition coefficient (Wildman–Crippen LogP) is 3.11. The number of aryl methyl sites for hydroxylation is 1. The Morgan fingerprint density at radius 3 is 2.62 bits per heavy atom. The van der Waals surface area contributed by atoms with Gasteiger partial charge in [-0.2, -0.15) is 5.10 Å². The van der Waals surface area contributed by atoms with Gasteiger partial charge < -0.3 is 10.2 Å². The average molecular weight is 347 g/mol. The highest BCUT2D eigenvalue weighted by Crippen LogP contribution is 2.20. The Labute approximate surface area is 152 Å². The molecule has 2 heterocycles. The van der Waals surface area contributed by atoms with E-state index in [1.165, 1.54) is 0 Å². The summed E-state index contributed by atoms with van der Waals surface area (Å²) < 4.78 is 0. The number of likely N-dealkylation sites (tertiary alicyclic amines) is 1. The molecule has 1 amide bonds. The molecule has 0 radical (unpaired) electrons. The first kappa shape index (κ1) is 16.3. The fourth-order valence-corrected chi connectivity index (χ4v) is 3.25. The van der Waals surface area contributed by atoms with Crippen molar-refractivity contribution in [1.29, 1.82) is 0 Å². The maximum atomic E-state index is 12.8. The number of amides is 1. The molecule has 1 unspecified atom stereocenters. The molecule has 2 aromatic carbocycles. The van der Waals surface area contributed by atoms with Gasteiger partial charge in [-0.15, -0.1) is 0 Å². The van der Waals surface area contributed by atoms with Gasteiger partial charge in [0.25, 0.3) is 5.91 Å². The van der Waals surface area contributed by atoms with E-state index in [1.54, 1.807) is 0 Å². The maximum absolute atomic E-state index is 12.8. The Kier molecular flexibility index (Phi) is 4.39. The highest BCUT2D eigenvalue weighted by molar-refractivity contribution is 5.94. The van der Waals surface area contributed by atoms with E-state index in [2.05, 4.69) is 20.5 Å². The molecule has 6 heteroatoms. The van der Waals surface area contributed by atoms with E-state index in [4.69, 9.17) is 0 Å². The van der Waals surface area contributed by atoms with E-state index >= 15 is 0 Å². The quantitative estimate of drug-likeness (QED) is 0.760. The summed E-state index contributed by atoms with van der Waals surface area (Å²) >= 11 is 0. The number of anilines is 1. The smallest absolute Gasteiger partial charge is 0.253 e. The number of H-pyrrole nitrogens is 1. The lowest BCUT2D eigenvalue weighted by Crippen LogP contribution is -2.31. The molecule has 1 aliphatic heterocycles. The summed E-state index contributed by atoms with van der Waals surface area (Å²) in [5, 5.41) is 10.5. The van der Waals surface area contributed by atoms with Crippen molar-refractivity contribution in [3.05, 3.63) is 66.0 Å². The standard InChI is InChI=1S/C20H21N5O/c1-14-21-19(24-23-14)15-7-9-16(10-8-15)20(26)25-12-11-18(13-25)22-17-5-3-2-4-6-17/h2-10,18,22H,11-13H2,1H3,(H,21,23,24). The van der Waals surface area contributed by atoms with Crippen LogP contribution in [-0.4, -0.2) is 45.1 Å². The van der Waals surface area contributed by atoms with Crippen molar-refractivity contribution in [2.45, 2.75) is 19.4 Å². The number of aromatic amines is 1. The van der Waals surface area contributed by atoms with E-state index in [1.807, 2.05) is 66.4 Å². The van der Waals surface area contributed by atoms with Crippen LogP contribution in [0.4, 0.5) is 5.69 Å². The highest BCUT2D eigenvalue weighted by atomic mass is 16.2. The lowest BCUT2D eigenvalue weighted by molar-refractivity contribution is 0.0791. The predicted molar refractivity (Wildman–Crippen MR) is 101 cm³/mol. The molecule has 1 saturated heterocycles. The van der Waals surface area contributed by atoms with Crippen molar-refractivity contribution in [3.8, 4) is 11.4 Å². The molecular weight excluding hydrogens is 326 g/mol. The Morgan fingerprint density at radius 2 is 1.92 bits per heavy atom. The zero-order valence-corrected chi connectivity index (χ0v) is 14.6. The van der Waals surface area contributed by atoms with E-state index in [0.717, 1.165) is 36.6 Å². The van der Waals surface area contributed by atoms with Gasteiger partial charge in [-0.3, -0.25) is 9.89 Å². The number of carbonyl (C=O) groups is 1. The minimum absolute atomic E-state index is 0.0695. The number of aromatic nitrogens is 3. The van der Waals surface area contributed by atoms with Crippen LogP contribution >= 0.6 is 0 Å². The van der Waals surface area contributed by atoms with Crippen LogP contribution in [0.25, 0.3) is 11.4 Å². The van der Waals surface area contributed by atoms with Crippen molar-refractivity contribution in [3.63, 3.8) is 0 Å². The molecule has 0 saturated carbocycles. The fraction of sp³-hybridized carbons (Fsp3) is 0.250. The largest absolute Gasteiger partial charge is 0.380 e. The first-order chi connectivity index (χ1) is 12.7. The van der Waals surface area contributed by atoms with Crippen LogP contribution in [0.5, 0.6) is 0 Å². The number of benzene rings is 2. The molecule has 1 fully saturated rings. The molecule has 1 aliphatic rings. The van der Waals surface area contributed by atoms with Gasteiger partial charge in [0.2, 0.25) is 0 Å². The molecular formula is C20H21N5O. The SMILES string of the molecule is Cc1nc(-c2ccc(C(=O)N3CCC(Nc4ccccc4)C3)cc2)n[nH]1. The molecule has 6 nitrogen and oxygen atoms in total. The summed E-state index contributed by atoms with van der Waals surface area (Å²) in [5.41, 5.74) is 2.69. The Morgan fingerprint density at radius 1 is 1.15 bits per heavy atom. The molecule has 3 aromatic rings. The topological polar surface area (TPSA) is 73.9 Å². The molecule has 26 heavy (non-hydrogen) atoms. The van der Waals surface area contributed by atoms with Gasteiger partial charge in [0, 0.05) is 35.9 Å². The van der Waals surface area contributed by atoms with Crippen LogP contribution in [0.2, 0.25) is 0 Å². The van der Waals surface area contributed by atoms with Crippen molar-refractivity contribution >= 4 is 11.6 Å². The van der Waals surface area contributed by atoms with Gasteiger partial charge in [-0.1, -0.05) is 30.3 Å². The lowest BCUT2D eigenvalue weighted by Gasteiger charge is -2.18. The van der Waals surface area contributed by atoms with Crippen LogP contribution in [0.1, 0.15) is 22.6 Å². The summed E-state index contributed by atoms with van der Waals surface area (Å²) in [6.07, 6.45) is 0.954. The zero-order valence-electron chi connectivity index (χ0n) is 14.6. The molecule has 0 spiro atoms. The zero-order chi connectivity index (χ0) is 17.9. The van der Waals surface area contributed by atoms with E-state index < -0.39 is 0 Å². The summed E-state index contributed by atoms with van der Waals surface area (Å²) in [6, 6.07) is 17.9. The fourth-order valence-electron chi connectivity index (χ4n) is 3.25. The number of para-hydroxylation sites is 1. The second-order valence-corrected chi connectivity index (χ2v) is 6.57. The summed E-state index contributed by atoms with van der Waals surface area (Å²) in [4.78, 5) is 19.0. The first-order valence-electron chi connectivity index (χ1n) is 8.79.